The third-order valence-corrected chi connectivity index (χ3v) is 6.08. The Morgan fingerprint density at radius 1 is 0.774 bits per heavy atom. The number of hydrogen-bond donors (Lipinski definition) is 2. The molecule has 8 nitrogen and oxygen atoms in total. The summed E-state index contributed by atoms with van der Waals surface area (Å²) in [6.07, 6.45) is 5.55. The van der Waals surface area contributed by atoms with Gasteiger partial charge in [0, 0.05) is 0 Å². The summed E-state index contributed by atoms with van der Waals surface area (Å²) in [5.74, 6) is -2.61. The van der Waals surface area contributed by atoms with Crippen LogP contribution in [0.25, 0.3) is 0 Å². The highest BCUT2D eigenvalue weighted by Crippen LogP contribution is 2.48. The summed E-state index contributed by atoms with van der Waals surface area (Å²) in [7, 11) is 2.58. The second-order valence-corrected chi connectivity index (χ2v) is 9.43. The van der Waals surface area contributed by atoms with Gasteiger partial charge >= 0.3 is 11.9 Å². The van der Waals surface area contributed by atoms with Gasteiger partial charge in [-0.1, -0.05) is 39.8 Å². The maximum atomic E-state index is 13.2. The fourth-order valence-electron chi connectivity index (χ4n) is 4.73. The first-order valence-electron chi connectivity index (χ1n) is 11.0. The molecule has 6 atom stereocenters. The van der Waals surface area contributed by atoms with E-state index in [1.165, 1.54) is 14.2 Å². The van der Waals surface area contributed by atoms with Gasteiger partial charge in [-0.15, -0.1) is 0 Å². The summed E-state index contributed by atoms with van der Waals surface area (Å²) in [6, 6.07) is -1.51. The molecule has 174 valence electrons. The van der Waals surface area contributed by atoms with Crippen LogP contribution >= 0.6 is 0 Å². The highest BCUT2D eigenvalue weighted by molar-refractivity contribution is 5.93. The van der Waals surface area contributed by atoms with Gasteiger partial charge in [-0.25, -0.2) is 9.59 Å². The number of carbonyl (C=O) groups excluding carboxylic acids is 4. The largest absolute Gasteiger partial charge is 0.467 e. The van der Waals surface area contributed by atoms with Crippen molar-refractivity contribution in [1.29, 1.82) is 0 Å². The molecule has 0 aromatic heterocycles. The van der Waals surface area contributed by atoms with Crippen LogP contribution in [-0.4, -0.2) is 50.1 Å². The van der Waals surface area contributed by atoms with Crippen molar-refractivity contribution >= 4 is 23.8 Å². The van der Waals surface area contributed by atoms with E-state index >= 15 is 0 Å². The molecule has 0 spiro atoms. The molecule has 0 saturated heterocycles. The first kappa shape index (κ1) is 24.9. The number of hydrogen-bond acceptors (Lipinski definition) is 6. The molecule has 2 amide bonds. The van der Waals surface area contributed by atoms with Crippen molar-refractivity contribution in [2.24, 2.45) is 35.5 Å². The normalized spacial score (nSPS) is 25.9. The van der Waals surface area contributed by atoms with Crippen LogP contribution < -0.4 is 10.6 Å². The van der Waals surface area contributed by atoms with E-state index in [1.807, 2.05) is 39.8 Å². The van der Waals surface area contributed by atoms with Crippen molar-refractivity contribution in [3.63, 3.8) is 0 Å². The lowest BCUT2D eigenvalue weighted by Crippen LogP contribution is -2.51. The maximum absolute atomic E-state index is 13.2. The summed E-state index contributed by atoms with van der Waals surface area (Å²) in [5, 5.41) is 5.62. The van der Waals surface area contributed by atoms with E-state index in [0.29, 0.717) is 19.3 Å². The Bertz CT molecular complexity index is 659. The van der Waals surface area contributed by atoms with Crippen molar-refractivity contribution in [1.82, 2.24) is 10.6 Å². The Labute approximate surface area is 184 Å². The lowest BCUT2D eigenvalue weighted by molar-refractivity contribution is -0.148. The zero-order valence-electron chi connectivity index (χ0n) is 19.3. The van der Waals surface area contributed by atoms with Crippen molar-refractivity contribution in [2.75, 3.05) is 14.2 Å². The van der Waals surface area contributed by atoms with Crippen molar-refractivity contribution < 1.29 is 28.7 Å². The molecule has 8 heteroatoms. The van der Waals surface area contributed by atoms with Crippen LogP contribution in [0.5, 0.6) is 0 Å². The van der Waals surface area contributed by atoms with Gasteiger partial charge in [-0.2, -0.15) is 0 Å². The van der Waals surface area contributed by atoms with Gasteiger partial charge in [0.25, 0.3) is 0 Å². The minimum Gasteiger partial charge on any atom is -0.467 e. The highest BCUT2D eigenvalue weighted by atomic mass is 16.5. The van der Waals surface area contributed by atoms with Crippen molar-refractivity contribution in [2.45, 2.75) is 59.0 Å². The topological polar surface area (TPSA) is 111 Å². The lowest BCUT2D eigenvalue weighted by Gasteiger charge is -2.29. The number of rotatable bonds is 10. The molecule has 0 aromatic rings. The SMILES string of the molecule is COC(=O)[C@H](CC(C)C)NC(=O)[C@@H]1[C@H](C(=O)N[C@@H](CC(C)C)C(=O)OC)[C@@H]2C=C[C@H]1C2. The molecule has 0 aromatic carbocycles. The molecular formula is C23H36N2O6. The molecule has 1 saturated carbocycles. The summed E-state index contributed by atoms with van der Waals surface area (Å²) < 4.78 is 9.69. The maximum Gasteiger partial charge on any atom is 0.328 e. The quantitative estimate of drug-likeness (QED) is 0.399. The van der Waals surface area contributed by atoms with Gasteiger partial charge in [0.15, 0.2) is 0 Å². The van der Waals surface area contributed by atoms with E-state index in [1.54, 1.807) is 0 Å². The number of carbonyl (C=O) groups is 4. The smallest absolute Gasteiger partial charge is 0.328 e. The molecule has 2 rings (SSSR count). The molecule has 1 fully saturated rings. The lowest BCUT2D eigenvalue weighted by atomic mass is 9.81. The Kier molecular flexibility index (Phi) is 8.65. The molecule has 2 N–H and O–H groups in total. The van der Waals surface area contributed by atoms with Crippen LogP contribution in [0, 0.1) is 35.5 Å². The summed E-state index contributed by atoms with van der Waals surface area (Å²) in [4.78, 5) is 50.7. The van der Waals surface area contributed by atoms with Gasteiger partial charge in [0.1, 0.15) is 12.1 Å². The molecule has 2 aliphatic rings. The number of esters is 2. The number of amides is 2. The third kappa shape index (κ3) is 6.08. The van der Waals surface area contributed by atoms with Gasteiger partial charge in [0.2, 0.25) is 11.8 Å². The first-order valence-corrected chi connectivity index (χ1v) is 11.0. The molecule has 0 aliphatic heterocycles. The number of ether oxygens (including phenoxy) is 2. The average Bonchev–Trinajstić information content (AvgIpc) is 3.32. The minimum absolute atomic E-state index is 0.0697. The molecular weight excluding hydrogens is 400 g/mol. The van der Waals surface area contributed by atoms with Crippen molar-refractivity contribution in [3.8, 4) is 0 Å². The number of methoxy groups -OCH3 is 2. The van der Waals surface area contributed by atoms with E-state index in [-0.39, 0.29) is 35.5 Å². The van der Waals surface area contributed by atoms with Gasteiger partial charge in [-0.05, 0) is 42.9 Å². The van der Waals surface area contributed by atoms with E-state index < -0.39 is 35.9 Å². The van der Waals surface area contributed by atoms with E-state index in [9.17, 15) is 19.2 Å². The predicted molar refractivity (Wildman–Crippen MR) is 115 cm³/mol. The molecule has 0 heterocycles. The second-order valence-electron chi connectivity index (χ2n) is 9.43. The molecule has 0 radical (unpaired) electrons. The molecule has 0 unspecified atom stereocenters. The summed E-state index contributed by atoms with van der Waals surface area (Å²) in [6.45, 7) is 7.83. The van der Waals surface area contributed by atoms with E-state index in [2.05, 4.69) is 10.6 Å². The van der Waals surface area contributed by atoms with E-state index in [0.717, 1.165) is 0 Å². The van der Waals surface area contributed by atoms with Crippen LogP contribution in [0.4, 0.5) is 0 Å². The number of allylic oxidation sites excluding steroid dienone is 2. The number of fused-ring (bicyclic) bond motifs is 2. The second kappa shape index (κ2) is 10.8. The molecule has 2 bridgehead atoms. The Morgan fingerprint density at radius 3 is 1.42 bits per heavy atom. The first-order chi connectivity index (χ1) is 14.6. The molecule has 31 heavy (non-hydrogen) atoms. The zero-order valence-corrected chi connectivity index (χ0v) is 19.3. The fourth-order valence-corrected chi connectivity index (χ4v) is 4.73. The van der Waals surface area contributed by atoms with Crippen LogP contribution in [0.3, 0.4) is 0 Å². The van der Waals surface area contributed by atoms with Gasteiger partial charge in [0.05, 0.1) is 26.1 Å². The van der Waals surface area contributed by atoms with Crippen LogP contribution in [-0.2, 0) is 28.7 Å². The van der Waals surface area contributed by atoms with E-state index in [4.69, 9.17) is 9.47 Å². The van der Waals surface area contributed by atoms with Crippen LogP contribution in [0.2, 0.25) is 0 Å². The Hall–Kier alpha value is -2.38. The standard InChI is InChI=1S/C23H36N2O6/c1-12(2)9-16(22(28)30-5)24-20(26)18-14-7-8-15(11-14)19(18)21(27)25-17(10-13(3)4)23(29)31-6/h7-8,12-19H,9-11H2,1-6H3,(H,24,26)(H,25,27)/t14-,15+,16-,17-,18-,19+/m0/s1. The molecule has 2 aliphatic carbocycles. The predicted octanol–water partition coefficient (Wildman–Crippen LogP) is 1.83. The number of nitrogens with one attached hydrogen (secondary N) is 2. The average molecular weight is 437 g/mol. The fraction of sp³-hybridized carbons (Fsp3) is 0.739. The summed E-state index contributed by atoms with van der Waals surface area (Å²) in [5.41, 5.74) is 0. The monoisotopic (exact) mass is 436 g/mol. The third-order valence-electron chi connectivity index (χ3n) is 6.08. The van der Waals surface area contributed by atoms with Crippen molar-refractivity contribution in [3.05, 3.63) is 12.2 Å². The highest BCUT2D eigenvalue weighted by Gasteiger charge is 2.52. The van der Waals surface area contributed by atoms with Gasteiger partial charge in [-0.3, -0.25) is 9.59 Å². The summed E-state index contributed by atoms with van der Waals surface area (Å²) >= 11 is 0. The van der Waals surface area contributed by atoms with Gasteiger partial charge < -0.3 is 20.1 Å². The minimum atomic E-state index is -0.756. The Morgan fingerprint density at radius 2 is 1.13 bits per heavy atom. The Balaban J connectivity index is 2.17. The van der Waals surface area contributed by atoms with Crippen LogP contribution in [0.15, 0.2) is 12.2 Å². The zero-order chi connectivity index (χ0) is 23.3. The van der Waals surface area contributed by atoms with Crippen LogP contribution in [0.1, 0.15) is 47.0 Å².